The first-order chi connectivity index (χ1) is 11.2. The van der Waals surface area contributed by atoms with Crippen molar-refractivity contribution in [3.05, 3.63) is 53.6 Å². The predicted octanol–water partition coefficient (Wildman–Crippen LogP) is 4.60. The van der Waals surface area contributed by atoms with Crippen LogP contribution < -0.4 is 11.1 Å². The molecule has 0 saturated heterocycles. The Labute approximate surface area is 137 Å². The smallest absolute Gasteiger partial charge is 0.416 e. The summed E-state index contributed by atoms with van der Waals surface area (Å²) in [5.74, 6) is -0.605. The standard InChI is InChI=1S/C17H17F3N2O2/c1-10(2)24-16(23)14-9-12(21)6-7-15(14)22-13-5-3-4-11(8-13)17(18,19)20/h3-10,22H,21H2,1-2H3. The Morgan fingerprint density at radius 1 is 1.17 bits per heavy atom. The van der Waals surface area contributed by atoms with Crippen LogP contribution in [0, 0.1) is 0 Å². The van der Waals surface area contributed by atoms with E-state index in [1.165, 1.54) is 24.3 Å². The van der Waals surface area contributed by atoms with Gasteiger partial charge in [-0.15, -0.1) is 0 Å². The molecule has 2 rings (SSSR count). The van der Waals surface area contributed by atoms with Gasteiger partial charge < -0.3 is 15.8 Å². The minimum absolute atomic E-state index is 0.154. The number of alkyl halides is 3. The summed E-state index contributed by atoms with van der Waals surface area (Å²) in [6.07, 6.45) is -4.78. The minimum atomic E-state index is -4.45. The number of benzene rings is 2. The predicted molar refractivity (Wildman–Crippen MR) is 86.1 cm³/mol. The Hall–Kier alpha value is -2.70. The maximum absolute atomic E-state index is 12.8. The van der Waals surface area contributed by atoms with Crippen molar-refractivity contribution in [2.45, 2.75) is 26.1 Å². The van der Waals surface area contributed by atoms with Crippen molar-refractivity contribution < 1.29 is 22.7 Å². The fourth-order valence-corrected chi connectivity index (χ4v) is 2.05. The summed E-state index contributed by atoms with van der Waals surface area (Å²) in [6.45, 7) is 3.40. The second-order valence-electron chi connectivity index (χ2n) is 5.46. The van der Waals surface area contributed by atoms with Gasteiger partial charge in [0, 0.05) is 11.4 Å². The van der Waals surface area contributed by atoms with Gasteiger partial charge in [0.2, 0.25) is 0 Å². The number of hydrogen-bond donors (Lipinski definition) is 2. The maximum atomic E-state index is 12.8. The molecule has 0 spiro atoms. The lowest BCUT2D eigenvalue weighted by atomic mass is 10.1. The van der Waals surface area contributed by atoms with E-state index >= 15 is 0 Å². The summed E-state index contributed by atoms with van der Waals surface area (Å²) >= 11 is 0. The molecular formula is C17H17F3N2O2. The fraction of sp³-hybridized carbons (Fsp3) is 0.235. The van der Waals surface area contributed by atoms with E-state index < -0.39 is 17.7 Å². The first-order valence-electron chi connectivity index (χ1n) is 7.21. The lowest BCUT2D eigenvalue weighted by molar-refractivity contribution is -0.137. The van der Waals surface area contributed by atoms with Gasteiger partial charge in [-0.3, -0.25) is 0 Å². The van der Waals surface area contributed by atoms with Crippen LogP contribution in [0.25, 0.3) is 0 Å². The SMILES string of the molecule is CC(C)OC(=O)c1cc(N)ccc1Nc1cccc(C(F)(F)F)c1. The van der Waals surface area contributed by atoms with Gasteiger partial charge in [-0.25, -0.2) is 4.79 Å². The number of nitrogen functional groups attached to an aromatic ring is 1. The minimum Gasteiger partial charge on any atom is -0.459 e. The van der Waals surface area contributed by atoms with Crippen LogP contribution in [0.4, 0.5) is 30.2 Å². The maximum Gasteiger partial charge on any atom is 0.416 e. The number of esters is 1. The lowest BCUT2D eigenvalue weighted by Gasteiger charge is -2.15. The number of rotatable bonds is 4. The Bertz CT molecular complexity index is 743. The van der Waals surface area contributed by atoms with E-state index in [1.54, 1.807) is 19.9 Å². The highest BCUT2D eigenvalue weighted by molar-refractivity contribution is 5.97. The molecule has 0 radical (unpaired) electrons. The number of ether oxygens (including phenoxy) is 1. The van der Waals surface area contributed by atoms with Crippen molar-refractivity contribution in [2.75, 3.05) is 11.1 Å². The monoisotopic (exact) mass is 338 g/mol. The molecular weight excluding hydrogens is 321 g/mol. The third kappa shape index (κ3) is 4.41. The molecule has 0 aliphatic carbocycles. The Morgan fingerprint density at radius 3 is 2.50 bits per heavy atom. The van der Waals surface area contributed by atoms with Crippen molar-refractivity contribution in [2.24, 2.45) is 0 Å². The van der Waals surface area contributed by atoms with Crippen molar-refractivity contribution in [1.82, 2.24) is 0 Å². The quantitative estimate of drug-likeness (QED) is 0.632. The van der Waals surface area contributed by atoms with Crippen molar-refractivity contribution in [3.8, 4) is 0 Å². The first kappa shape index (κ1) is 17.7. The number of nitrogens with one attached hydrogen (secondary N) is 1. The lowest BCUT2D eigenvalue weighted by Crippen LogP contribution is -2.14. The summed E-state index contributed by atoms with van der Waals surface area (Å²) in [5.41, 5.74) is 5.92. The van der Waals surface area contributed by atoms with Crippen molar-refractivity contribution in [1.29, 1.82) is 0 Å². The van der Waals surface area contributed by atoms with Gasteiger partial charge >= 0.3 is 12.1 Å². The molecule has 4 nitrogen and oxygen atoms in total. The second kappa shape index (κ2) is 6.82. The van der Waals surface area contributed by atoms with Crippen LogP contribution >= 0.6 is 0 Å². The molecule has 0 amide bonds. The Balaban J connectivity index is 2.35. The molecule has 7 heteroatoms. The zero-order chi connectivity index (χ0) is 17.9. The highest BCUT2D eigenvalue weighted by Crippen LogP contribution is 2.32. The zero-order valence-corrected chi connectivity index (χ0v) is 13.1. The highest BCUT2D eigenvalue weighted by Gasteiger charge is 2.30. The molecule has 0 aliphatic rings. The molecule has 0 saturated carbocycles. The van der Waals surface area contributed by atoms with Gasteiger partial charge in [-0.2, -0.15) is 13.2 Å². The number of anilines is 3. The van der Waals surface area contributed by atoms with Gasteiger partial charge in [0.15, 0.2) is 0 Å². The van der Waals surface area contributed by atoms with Gasteiger partial charge in [0.25, 0.3) is 0 Å². The van der Waals surface area contributed by atoms with Crippen LogP contribution in [-0.4, -0.2) is 12.1 Å². The second-order valence-corrected chi connectivity index (χ2v) is 5.46. The molecule has 0 aromatic heterocycles. The van der Waals surface area contributed by atoms with Crippen LogP contribution in [0.15, 0.2) is 42.5 Å². The van der Waals surface area contributed by atoms with E-state index in [1.807, 2.05) is 0 Å². The van der Waals surface area contributed by atoms with Crippen LogP contribution in [0.1, 0.15) is 29.8 Å². The van der Waals surface area contributed by atoms with E-state index in [2.05, 4.69) is 5.32 Å². The van der Waals surface area contributed by atoms with Crippen molar-refractivity contribution in [3.63, 3.8) is 0 Å². The van der Waals surface area contributed by atoms with Gasteiger partial charge in [0.05, 0.1) is 22.9 Å². The molecule has 2 aromatic carbocycles. The molecule has 0 unspecified atom stereocenters. The molecule has 24 heavy (non-hydrogen) atoms. The van der Waals surface area contributed by atoms with E-state index in [9.17, 15) is 18.0 Å². The topological polar surface area (TPSA) is 64.3 Å². The molecule has 128 valence electrons. The Morgan fingerprint density at radius 2 is 1.88 bits per heavy atom. The number of nitrogens with two attached hydrogens (primary N) is 1. The summed E-state index contributed by atoms with van der Waals surface area (Å²) < 4.78 is 43.5. The summed E-state index contributed by atoms with van der Waals surface area (Å²) in [7, 11) is 0. The molecule has 0 heterocycles. The van der Waals surface area contributed by atoms with E-state index in [-0.39, 0.29) is 17.4 Å². The molecule has 0 bridgehead atoms. The fourth-order valence-electron chi connectivity index (χ4n) is 2.05. The van der Waals surface area contributed by atoms with Gasteiger partial charge in [-0.1, -0.05) is 6.07 Å². The van der Waals surface area contributed by atoms with Gasteiger partial charge in [-0.05, 0) is 50.2 Å². The van der Waals surface area contributed by atoms with Crippen LogP contribution in [-0.2, 0) is 10.9 Å². The van der Waals surface area contributed by atoms with E-state index in [0.29, 0.717) is 11.4 Å². The molecule has 0 aliphatic heterocycles. The first-order valence-corrected chi connectivity index (χ1v) is 7.21. The normalized spacial score (nSPS) is 11.4. The van der Waals surface area contributed by atoms with Crippen LogP contribution in [0.3, 0.4) is 0 Å². The molecule has 2 aromatic rings. The van der Waals surface area contributed by atoms with E-state index in [4.69, 9.17) is 10.5 Å². The number of carbonyl (C=O) groups is 1. The van der Waals surface area contributed by atoms with Crippen LogP contribution in [0.2, 0.25) is 0 Å². The third-order valence-electron chi connectivity index (χ3n) is 3.08. The number of halogens is 3. The largest absolute Gasteiger partial charge is 0.459 e. The van der Waals surface area contributed by atoms with Crippen LogP contribution in [0.5, 0.6) is 0 Å². The molecule has 0 fully saturated rings. The molecule has 0 atom stereocenters. The summed E-state index contributed by atoms with van der Waals surface area (Å²) in [6, 6.07) is 9.18. The summed E-state index contributed by atoms with van der Waals surface area (Å²) in [5, 5.41) is 2.81. The average molecular weight is 338 g/mol. The number of carbonyl (C=O) groups excluding carboxylic acids is 1. The summed E-state index contributed by atoms with van der Waals surface area (Å²) in [4.78, 5) is 12.1. The third-order valence-corrected chi connectivity index (χ3v) is 3.08. The zero-order valence-electron chi connectivity index (χ0n) is 13.1. The average Bonchev–Trinajstić information content (AvgIpc) is 2.48. The number of hydrogen-bond acceptors (Lipinski definition) is 4. The van der Waals surface area contributed by atoms with Crippen molar-refractivity contribution >= 4 is 23.0 Å². The highest BCUT2D eigenvalue weighted by atomic mass is 19.4. The molecule has 3 N–H and O–H groups in total. The van der Waals surface area contributed by atoms with Gasteiger partial charge in [0.1, 0.15) is 0 Å². The van der Waals surface area contributed by atoms with E-state index in [0.717, 1.165) is 12.1 Å². The Kier molecular flexibility index (Phi) is 5.02.